The highest BCUT2D eigenvalue weighted by Gasteiger charge is 2.18. The number of nitrogens with zero attached hydrogens (tertiary/aromatic N) is 2. The number of amides is 1. The average Bonchev–Trinajstić information content (AvgIpc) is 2.04. The van der Waals surface area contributed by atoms with Gasteiger partial charge in [0, 0.05) is 0 Å². The minimum Gasteiger partial charge on any atom is -0.507 e. The first kappa shape index (κ1) is 6.97. The fourth-order valence-electron chi connectivity index (χ4n) is 1.19. The van der Waals surface area contributed by atoms with Crippen LogP contribution in [-0.2, 0) is 6.54 Å². The van der Waals surface area contributed by atoms with Crippen molar-refractivity contribution in [1.82, 2.24) is 0 Å². The van der Waals surface area contributed by atoms with E-state index in [1.807, 2.05) is 0 Å². The van der Waals surface area contributed by atoms with Crippen LogP contribution in [0.3, 0.4) is 0 Å². The summed E-state index contributed by atoms with van der Waals surface area (Å²) in [5, 5.41) is 16.3. The van der Waals surface area contributed by atoms with Crippen LogP contribution in [0, 0.1) is 0 Å². The van der Waals surface area contributed by atoms with Gasteiger partial charge in [-0.25, -0.2) is 0 Å². The zero-order chi connectivity index (χ0) is 8.55. The summed E-state index contributed by atoms with van der Waals surface area (Å²) in [6.45, 7) is 0.371. The molecule has 0 radical (unpaired) electrons. The normalized spacial score (nSPS) is 14.5. The second-order valence-electron chi connectivity index (χ2n) is 2.52. The fourth-order valence-corrected chi connectivity index (χ4v) is 1.19. The average molecular weight is 162 g/mol. The maximum absolute atomic E-state index is 11.1. The molecule has 1 aliphatic heterocycles. The Labute approximate surface area is 68.6 Å². The third-order valence-corrected chi connectivity index (χ3v) is 1.75. The molecule has 0 fully saturated rings. The van der Waals surface area contributed by atoms with Crippen molar-refractivity contribution in [1.29, 1.82) is 0 Å². The first-order chi connectivity index (χ1) is 5.79. The highest BCUT2D eigenvalue weighted by atomic mass is 16.3. The number of phenols is 1. The lowest BCUT2D eigenvalue weighted by Crippen LogP contribution is -2.04. The summed E-state index contributed by atoms with van der Waals surface area (Å²) in [6, 6.07) is 4.91. The van der Waals surface area contributed by atoms with Crippen molar-refractivity contribution in [3.05, 3.63) is 29.3 Å². The van der Waals surface area contributed by atoms with E-state index in [1.54, 1.807) is 12.1 Å². The molecule has 1 aliphatic rings. The molecule has 2 rings (SSSR count). The van der Waals surface area contributed by atoms with Crippen LogP contribution in [-0.4, -0.2) is 11.0 Å². The minimum absolute atomic E-state index is 0.0175. The monoisotopic (exact) mass is 162 g/mol. The maximum atomic E-state index is 11.1. The molecule has 60 valence electrons. The van der Waals surface area contributed by atoms with E-state index in [9.17, 15) is 9.90 Å². The van der Waals surface area contributed by atoms with Crippen molar-refractivity contribution >= 4 is 5.91 Å². The van der Waals surface area contributed by atoms with Crippen LogP contribution in [0.15, 0.2) is 28.4 Å². The lowest BCUT2D eigenvalue weighted by Gasteiger charge is -2.08. The summed E-state index contributed by atoms with van der Waals surface area (Å²) in [5.41, 5.74) is 1.02. The number of carbonyl (C=O) groups excluding carboxylic acids is 1. The zero-order valence-corrected chi connectivity index (χ0v) is 6.19. The van der Waals surface area contributed by atoms with Crippen LogP contribution in [0.2, 0.25) is 0 Å². The van der Waals surface area contributed by atoms with E-state index >= 15 is 0 Å². The second kappa shape index (κ2) is 2.41. The number of carbonyl (C=O) groups is 1. The smallest absolute Gasteiger partial charge is 0.299 e. The summed E-state index contributed by atoms with van der Waals surface area (Å²) in [5.74, 6) is -0.481. The Balaban J connectivity index is 2.66. The zero-order valence-electron chi connectivity index (χ0n) is 6.19. The van der Waals surface area contributed by atoms with E-state index in [4.69, 9.17) is 0 Å². The molecular weight excluding hydrogens is 156 g/mol. The van der Waals surface area contributed by atoms with Gasteiger partial charge in [-0.3, -0.25) is 4.79 Å². The van der Waals surface area contributed by atoms with Gasteiger partial charge in [-0.15, -0.1) is 5.11 Å². The number of aromatic hydroxyl groups is 1. The predicted octanol–water partition coefficient (Wildman–Crippen LogP) is 1.50. The SMILES string of the molecule is O=C1N=NCc2cccc(O)c21. The number of hydrogen-bond donors (Lipinski definition) is 1. The van der Waals surface area contributed by atoms with Crippen LogP contribution in [0.1, 0.15) is 15.9 Å². The van der Waals surface area contributed by atoms with E-state index in [0.717, 1.165) is 5.56 Å². The first-order valence-corrected chi connectivity index (χ1v) is 3.52. The standard InChI is InChI=1S/C8H6N2O2/c11-6-3-1-2-5-4-9-10-8(12)7(5)6/h1-3,11H,4H2. The van der Waals surface area contributed by atoms with Gasteiger partial charge in [-0.1, -0.05) is 12.1 Å². The Hall–Kier alpha value is -1.71. The van der Waals surface area contributed by atoms with Crippen molar-refractivity contribution in [2.75, 3.05) is 0 Å². The van der Waals surface area contributed by atoms with Crippen molar-refractivity contribution in [3.8, 4) is 5.75 Å². The van der Waals surface area contributed by atoms with Crippen molar-refractivity contribution in [2.24, 2.45) is 10.2 Å². The molecular formula is C8H6N2O2. The van der Waals surface area contributed by atoms with Crippen LogP contribution in [0.4, 0.5) is 0 Å². The molecule has 1 aromatic carbocycles. The molecule has 4 nitrogen and oxygen atoms in total. The molecule has 1 heterocycles. The van der Waals surface area contributed by atoms with Gasteiger partial charge in [0.25, 0.3) is 5.91 Å². The van der Waals surface area contributed by atoms with E-state index in [0.29, 0.717) is 6.54 Å². The topological polar surface area (TPSA) is 62.0 Å². The highest BCUT2D eigenvalue weighted by Crippen LogP contribution is 2.25. The number of fused-ring (bicyclic) bond motifs is 1. The second-order valence-corrected chi connectivity index (χ2v) is 2.52. The highest BCUT2D eigenvalue weighted by molar-refractivity contribution is 5.99. The molecule has 0 saturated heterocycles. The van der Waals surface area contributed by atoms with Crippen LogP contribution >= 0.6 is 0 Å². The third kappa shape index (κ3) is 0.887. The number of phenolic OH excluding ortho intramolecular Hbond substituents is 1. The predicted molar refractivity (Wildman–Crippen MR) is 41.0 cm³/mol. The fraction of sp³-hybridized carbons (Fsp3) is 0.125. The van der Waals surface area contributed by atoms with E-state index in [1.165, 1.54) is 6.07 Å². The van der Waals surface area contributed by atoms with E-state index in [2.05, 4.69) is 10.2 Å². The minimum atomic E-state index is -0.464. The molecule has 4 heteroatoms. The largest absolute Gasteiger partial charge is 0.507 e. The molecule has 1 N–H and O–H groups in total. The summed E-state index contributed by atoms with van der Waals surface area (Å²) in [7, 11) is 0. The summed E-state index contributed by atoms with van der Waals surface area (Å²) < 4.78 is 0. The quantitative estimate of drug-likeness (QED) is 0.628. The molecule has 0 saturated carbocycles. The summed E-state index contributed by atoms with van der Waals surface area (Å²) >= 11 is 0. The Kier molecular flexibility index (Phi) is 1.40. The van der Waals surface area contributed by atoms with Crippen LogP contribution < -0.4 is 0 Å². The molecule has 1 aromatic rings. The van der Waals surface area contributed by atoms with Gasteiger partial charge in [-0.2, -0.15) is 5.11 Å². The van der Waals surface area contributed by atoms with Crippen LogP contribution in [0.5, 0.6) is 5.75 Å². The van der Waals surface area contributed by atoms with E-state index in [-0.39, 0.29) is 11.3 Å². The molecule has 0 aromatic heterocycles. The number of azo groups is 1. The van der Waals surface area contributed by atoms with Gasteiger partial charge in [-0.05, 0) is 11.6 Å². The Morgan fingerprint density at radius 1 is 1.42 bits per heavy atom. The van der Waals surface area contributed by atoms with Gasteiger partial charge >= 0.3 is 0 Å². The molecule has 0 aliphatic carbocycles. The summed E-state index contributed by atoms with van der Waals surface area (Å²) in [6.07, 6.45) is 0. The third-order valence-electron chi connectivity index (χ3n) is 1.75. The molecule has 12 heavy (non-hydrogen) atoms. The Morgan fingerprint density at radius 3 is 3.00 bits per heavy atom. The Morgan fingerprint density at radius 2 is 2.25 bits per heavy atom. The summed E-state index contributed by atoms with van der Waals surface area (Å²) in [4.78, 5) is 11.1. The van der Waals surface area contributed by atoms with Crippen LogP contribution in [0.25, 0.3) is 0 Å². The molecule has 1 amide bonds. The van der Waals surface area contributed by atoms with Gasteiger partial charge in [0.15, 0.2) is 0 Å². The lowest BCUT2D eigenvalue weighted by molar-refractivity contribution is 0.0985. The maximum Gasteiger partial charge on any atom is 0.299 e. The first-order valence-electron chi connectivity index (χ1n) is 3.52. The molecule has 0 atom stereocenters. The number of benzene rings is 1. The lowest BCUT2D eigenvalue weighted by atomic mass is 10.1. The molecule has 0 bridgehead atoms. The van der Waals surface area contributed by atoms with Gasteiger partial charge in [0.2, 0.25) is 0 Å². The van der Waals surface area contributed by atoms with Crippen molar-refractivity contribution in [2.45, 2.75) is 6.54 Å². The van der Waals surface area contributed by atoms with Gasteiger partial charge in [0.1, 0.15) is 5.75 Å². The van der Waals surface area contributed by atoms with E-state index < -0.39 is 5.91 Å². The molecule has 0 unspecified atom stereocenters. The number of rotatable bonds is 0. The van der Waals surface area contributed by atoms with Crippen molar-refractivity contribution < 1.29 is 9.90 Å². The number of hydrogen-bond acceptors (Lipinski definition) is 3. The van der Waals surface area contributed by atoms with Crippen molar-refractivity contribution in [3.63, 3.8) is 0 Å². The molecule has 0 spiro atoms. The Bertz CT molecular complexity index is 371. The van der Waals surface area contributed by atoms with Gasteiger partial charge < -0.3 is 5.11 Å². The van der Waals surface area contributed by atoms with Gasteiger partial charge in [0.05, 0.1) is 12.1 Å².